The molecule has 0 aliphatic carbocycles. The molecule has 1 aliphatic rings. The molecular formula is C14H15BrF3NO. The van der Waals surface area contributed by atoms with Gasteiger partial charge in [-0.2, -0.15) is 13.2 Å². The van der Waals surface area contributed by atoms with Crippen LogP contribution in [0.25, 0.3) is 0 Å². The van der Waals surface area contributed by atoms with Crippen LogP contribution < -0.4 is 0 Å². The minimum atomic E-state index is -4.47. The number of benzene rings is 1. The molecule has 20 heavy (non-hydrogen) atoms. The van der Waals surface area contributed by atoms with Crippen molar-refractivity contribution in [1.29, 1.82) is 0 Å². The summed E-state index contributed by atoms with van der Waals surface area (Å²) in [6.45, 7) is 4.55. The highest BCUT2D eigenvalue weighted by Crippen LogP contribution is 2.36. The molecule has 1 aliphatic heterocycles. The molecule has 1 aromatic rings. The molecule has 2 atom stereocenters. The lowest BCUT2D eigenvalue weighted by atomic mass is 10.1. The van der Waals surface area contributed by atoms with Crippen LogP contribution in [0.15, 0.2) is 22.7 Å². The van der Waals surface area contributed by atoms with E-state index in [-0.39, 0.29) is 22.0 Å². The molecule has 0 N–H and O–H groups in total. The number of amides is 1. The number of carbonyl (C=O) groups is 1. The fourth-order valence-electron chi connectivity index (χ4n) is 2.62. The van der Waals surface area contributed by atoms with Gasteiger partial charge in [-0.05, 0) is 37.5 Å². The lowest BCUT2D eigenvalue weighted by molar-refractivity contribution is -0.138. The maximum Gasteiger partial charge on any atom is 0.417 e. The summed E-state index contributed by atoms with van der Waals surface area (Å²) < 4.78 is 38.5. The van der Waals surface area contributed by atoms with E-state index in [0.29, 0.717) is 12.5 Å². The van der Waals surface area contributed by atoms with Gasteiger partial charge in [-0.15, -0.1) is 0 Å². The zero-order valence-electron chi connectivity index (χ0n) is 11.2. The summed E-state index contributed by atoms with van der Waals surface area (Å²) in [5.41, 5.74) is -0.732. The molecule has 1 fully saturated rings. The van der Waals surface area contributed by atoms with Gasteiger partial charge >= 0.3 is 6.18 Å². The van der Waals surface area contributed by atoms with Gasteiger partial charge in [0.05, 0.1) is 5.56 Å². The predicted molar refractivity (Wildman–Crippen MR) is 73.4 cm³/mol. The SMILES string of the molecule is CC1CC(C)N(C(=O)c2ccc(Br)c(C(F)(F)F)c2)C1. The fraction of sp³-hybridized carbons (Fsp3) is 0.500. The van der Waals surface area contributed by atoms with Gasteiger partial charge in [-0.25, -0.2) is 0 Å². The molecule has 2 rings (SSSR count). The van der Waals surface area contributed by atoms with Crippen molar-refractivity contribution < 1.29 is 18.0 Å². The molecule has 0 bridgehead atoms. The Hall–Kier alpha value is -1.04. The van der Waals surface area contributed by atoms with E-state index in [2.05, 4.69) is 15.9 Å². The average molecular weight is 350 g/mol. The molecule has 2 unspecified atom stereocenters. The van der Waals surface area contributed by atoms with Crippen molar-refractivity contribution in [1.82, 2.24) is 4.90 Å². The maximum atomic E-state index is 12.9. The van der Waals surface area contributed by atoms with Gasteiger partial charge in [0.15, 0.2) is 0 Å². The van der Waals surface area contributed by atoms with Crippen molar-refractivity contribution in [3.8, 4) is 0 Å². The van der Waals surface area contributed by atoms with Crippen LogP contribution in [0.4, 0.5) is 13.2 Å². The highest BCUT2D eigenvalue weighted by atomic mass is 79.9. The molecule has 1 amide bonds. The van der Waals surface area contributed by atoms with E-state index in [1.54, 1.807) is 4.90 Å². The fourth-order valence-corrected chi connectivity index (χ4v) is 3.10. The molecule has 2 nitrogen and oxygen atoms in total. The zero-order chi connectivity index (χ0) is 15.1. The van der Waals surface area contributed by atoms with Gasteiger partial charge < -0.3 is 4.90 Å². The number of alkyl halides is 3. The van der Waals surface area contributed by atoms with Crippen LogP contribution in [-0.2, 0) is 6.18 Å². The second-order valence-corrected chi connectivity index (χ2v) is 6.19. The van der Waals surface area contributed by atoms with Crippen molar-refractivity contribution in [2.24, 2.45) is 5.92 Å². The van der Waals surface area contributed by atoms with Crippen molar-refractivity contribution in [3.63, 3.8) is 0 Å². The largest absolute Gasteiger partial charge is 0.417 e. The second-order valence-electron chi connectivity index (χ2n) is 5.34. The zero-order valence-corrected chi connectivity index (χ0v) is 12.8. The summed E-state index contributed by atoms with van der Waals surface area (Å²) in [5, 5.41) is 0. The Morgan fingerprint density at radius 2 is 2.00 bits per heavy atom. The average Bonchev–Trinajstić information content (AvgIpc) is 2.66. The number of nitrogens with zero attached hydrogens (tertiary/aromatic N) is 1. The van der Waals surface area contributed by atoms with Crippen LogP contribution in [0.2, 0.25) is 0 Å². The molecule has 0 aromatic heterocycles. The smallest absolute Gasteiger partial charge is 0.336 e. The molecule has 0 radical (unpaired) electrons. The van der Waals surface area contributed by atoms with Crippen LogP contribution in [0.3, 0.4) is 0 Å². The summed E-state index contributed by atoms with van der Waals surface area (Å²) in [4.78, 5) is 14.0. The monoisotopic (exact) mass is 349 g/mol. The summed E-state index contributed by atoms with van der Waals surface area (Å²) in [6.07, 6.45) is -3.59. The predicted octanol–water partition coefficient (Wildman–Crippen LogP) is 4.34. The minimum Gasteiger partial charge on any atom is -0.336 e. The van der Waals surface area contributed by atoms with E-state index in [1.165, 1.54) is 12.1 Å². The number of halogens is 4. The van der Waals surface area contributed by atoms with Gasteiger partial charge in [0.25, 0.3) is 5.91 Å². The van der Waals surface area contributed by atoms with E-state index >= 15 is 0 Å². The third kappa shape index (κ3) is 3.00. The van der Waals surface area contributed by atoms with E-state index in [4.69, 9.17) is 0 Å². The number of hydrogen-bond acceptors (Lipinski definition) is 1. The topological polar surface area (TPSA) is 20.3 Å². The van der Waals surface area contributed by atoms with E-state index < -0.39 is 11.7 Å². The van der Waals surface area contributed by atoms with Crippen LogP contribution in [0.1, 0.15) is 36.2 Å². The van der Waals surface area contributed by atoms with Gasteiger partial charge in [0.2, 0.25) is 0 Å². The van der Waals surface area contributed by atoms with E-state index in [9.17, 15) is 18.0 Å². The summed E-state index contributed by atoms with van der Waals surface area (Å²) >= 11 is 2.88. The molecule has 110 valence electrons. The lowest BCUT2D eigenvalue weighted by Crippen LogP contribution is -2.34. The second kappa shape index (κ2) is 5.39. The van der Waals surface area contributed by atoms with E-state index in [1.807, 2.05) is 13.8 Å². The number of rotatable bonds is 1. The van der Waals surface area contributed by atoms with Gasteiger partial charge in [0.1, 0.15) is 0 Å². The Bertz CT molecular complexity index is 530. The van der Waals surface area contributed by atoms with Crippen LogP contribution >= 0.6 is 15.9 Å². The lowest BCUT2D eigenvalue weighted by Gasteiger charge is -2.22. The molecule has 6 heteroatoms. The Morgan fingerprint density at radius 3 is 2.50 bits per heavy atom. The molecule has 1 heterocycles. The standard InChI is InChI=1S/C14H15BrF3NO/c1-8-5-9(2)19(7-8)13(20)10-3-4-12(15)11(6-10)14(16,17)18/h3-4,6,8-9H,5,7H2,1-2H3. The summed E-state index contributed by atoms with van der Waals surface area (Å²) in [6, 6.07) is 3.69. The number of likely N-dealkylation sites (tertiary alicyclic amines) is 1. The van der Waals surface area contributed by atoms with Gasteiger partial charge in [-0.1, -0.05) is 22.9 Å². The molecule has 1 saturated heterocycles. The molecule has 0 saturated carbocycles. The van der Waals surface area contributed by atoms with Crippen molar-refractivity contribution in [2.75, 3.05) is 6.54 Å². The van der Waals surface area contributed by atoms with Gasteiger partial charge in [0, 0.05) is 22.6 Å². The number of hydrogen-bond donors (Lipinski definition) is 0. The first-order valence-electron chi connectivity index (χ1n) is 6.38. The minimum absolute atomic E-state index is 0.0515. The highest BCUT2D eigenvalue weighted by molar-refractivity contribution is 9.10. The summed E-state index contributed by atoms with van der Waals surface area (Å²) in [7, 11) is 0. The Kier molecular flexibility index (Phi) is 4.14. The Balaban J connectivity index is 2.32. The van der Waals surface area contributed by atoms with Crippen molar-refractivity contribution in [2.45, 2.75) is 32.5 Å². The van der Waals surface area contributed by atoms with Crippen LogP contribution in [0.5, 0.6) is 0 Å². The number of carbonyl (C=O) groups excluding carboxylic acids is 1. The third-order valence-corrected chi connectivity index (χ3v) is 4.25. The highest BCUT2D eigenvalue weighted by Gasteiger charge is 2.35. The molecule has 0 spiro atoms. The summed E-state index contributed by atoms with van der Waals surface area (Å²) in [5.74, 6) is 0.0475. The van der Waals surface area contributed by atoms with E-state index in [0.717, 1.165) is 12.5 Å². The van der Waals surface area contributed by atoms with Crippen molar-refractivity contribution in [3.05, 3.63) is 33.8 Å². The van der Waals surface area contributed by atoms with Crippen molar-refractivity contribution >= 4 is 21.8 Å². The first kappa shape index (κ1) is 15.4. The molecule has 1 aromatic carbocycles. The molecular weight excluding hydrogens is 335 g/mol. The van der Waals surface area contributed by atoms with Crippen LogP contribution in [0, 0.1) is 5.92 Å². The Morgan fingerprint density at radius 1 is 1.35 bits per heavy atom. The van der Waals surface area contributed by atoms with Gasteiger partial charge in [-0.3, -0.25) is 4.79 Å². The third-order valence-electron chi connectivity index (χ3n) is 3.56. The maximum absolute atomic E-state index is 12.9. The quantitative estimate of drug-likeness (QED) is 0.738. The van der Waals surface area contributed by atoms with Crippen LogP contribution in [-0.4, -0.2) is 23.4 Å². The normalized spacial score (nSPS) is 23.2. The first-order chi connectivity index (χ1) is 9.20. The first-order valence-corrected chi connectivity index (χ1v) is 7.17. The Labute approximate surface area is 124 Å².